The molecule has 0 atom stereocenters. The molecule has 110 valence electrons. The molecule has 0 aromatic heterocycles. The lowest BCUT2D eigenvalue weighted by Crippen LogP contribution is -2.36. The fourth-order valence-electron chi connectivity index (χ4n) is 2.32. The summed E-state index contributed by atoms with van der Waals surface area (Å²) < 4.78 is 5.28. The molecule has 20 heavy (non-hydrogen) atoms. The summed E-state index contributed by atoms with van der Waals surface area (Å²) in [7, 11) is 0. The van der Waals surface area contributed by atoms with E-state index in [0.29, 0.717) is 12.2 Å². The van der Waals surface area contributed by atoms with Gasteiger partial charge in [0.2, 0.25) is 0 Å². The van der Waals surface area contributed by atoms with E-state index in [9.17, 15) is 4.79 Å². The van der Waals surface area contributed by atoms with Crippen molar-refractivity contribution in [2.45, 2.75) is 45.6 Å². The molecule has 0 bridgehead atoms. The van der Waals surface area contributed by atoms with Gasteiger partial charge < -0.3 is 4.74 Å². The molecule has 0 radical (unpaired) electrons. The fourth-order valence-corrected chi connectivity index (χ4v) is 2.32. The molecule has 1 aliphatic rings. The van der Waals surface area contributed by atoms with E-state index in [1.54, 1.807) is 0 Å². The van der Waals surface area contributed by atoms with E-state index >= 15 is 0 Å². The first-order chi connectivity index (χ1) is 9.79. The number of rotatable bonds is 8. The summed E-state index contributed by atoms with van der Waals surface area (Å²) in [6, 6.07) is 7.82. The molecule has 1 aromatic carbocycles. The highest BCUT2D eigenvalue weighted by molar-refractivity contribution is 5.89. The normalized spacial score (nSPS) is 14.8. The largest absolute Gasteiger partial charge is 0.462 e. The Labute approximate surface area is 121 Å². The fraction of sp³-hybridized carbons (Fsp3) is 0.588. The van der Waals surface area contributed by atoms with Gasteiger partial charge in [0.05, 0.1) is 12.2 Å². The standard InChI is InChI=1S/C17H25NO2/c1-2-3-4-5-13-20-17(19)16-9-7-15(8-10-16)14-18-11-6-12-18/h7-10H,2-6,11-14H2,1H3. The van der Waals surface area contributed by atoms with E-state index in [1.165, 1.54) is 37.9 Å². The van der Waals surface area contributed by atoms with Gasteiger partial charge in [0.1, 0.15) is 0 Å². The third-order valence-electron chi connectivity index (χ3n) is 3.78. The Morgan fingerprint density at radius 2 is 1.90 bits per heavy atom. The highest BCUT2D eigenvalue weighted by Crippen LogP contribution is 2.13. The van der Waals surface area contributed by atoms with E-state index in [0.717, 1.165) is 19.4 Å². The van der Waals surface area contributed by atoms with Crippen LogP contribution in [-0.2, 0) is 11.3 Å². The maximum Gasteiger partial charge on any atom is 0.338 e. The number of carbonyl (C=O) groups is 1. The molecule has 0 spiro atoms. The minimum atomic E-state index is -0.197. The third-order valence-corrected chi connectivity index (χ3v) is 3.78. The van der Waals surface area contributed by atoms with Crippen molar-refractivity contribution in [2.24, 2.45) is 0 Å². The van der Waals surface area contributed by atoms with Crippen LogP contribution in [0, 0.1) is 0 Å². The van der Waals surface area contributed by atoms with Gasteiger partial charge >= 0.3 is 5.97 Å². The number of carbonyl (C=O) groups excluding carboxylic acids is 1. The smallest absolute Gasteiger partial charge is 0.338 e. The Balaban J connectivity index is 1.72. The van der Waals surface area contributed by atoms with Crippen molar-refractivity contribution in [1.29, 1.82) is 0 Å². The molecule has 1 aliphatic heterocycles. The van der Waals surface area contributed by atoms with Gasteiger partial charge in [-0.25, -0.2) is 4.79 Å². The lowest BCUT2D eigenvalue weighted by molar-refractivity contribution is 0.0498. The van der Waals surface area contributed by atoms with Crippen LogP contribution >= 0.6 is 0 Å². The maximum atomic E-state index is 11.8. The molecule has 0 amide bonds. The van der Waals surface area contributed by atoms with Gasteiger partial charge in [-0.1, -0.05) is 38.3 Å². The number of ether oxygens (including phenoxy) is 1. The molecule has 0 aliphatic carbocycles. The topological polar surface area (TPSA) is 29.5 Å². The van der Waals surface area contributed by atoms with Crippen LogP contribution in [-0.4, -0.2) is 30.6 Å². The second-order valence-electron chi connectivity index (χ2n) is 5.52. The molecule has 1 heterocycles. The molecular weight excluding hydrogens is 250 g/mol. The first-order valence-electron chi connectivity index (χ1n) is 7.78. The lowest BCUT2D eigenvalue weighted by Gasteiger charge is -2.30. The van der Waals surface area contributed by atoms with Gasteiger partial charge in [0.25, 0.3) is 0 Å². The Morgan fingerprint density at radius 3 is 2.50 bits per heavy atom. The summed E-state index contributed by atoms with van der Waals surface area (Å²) >= 11 is 0. The van der Waals surface area contributed by atoms with Gasteiger partial charge in [0, 0.05) is 6.54 Å². The minimum absolute atomic E-state index is 0.197. The zero-order chi connectivity index (χ0) is 14.2. The molecule has 2 rings (SSSR count). The maximum absolute atomic E-state index is 11.8. The number of nitrogens with zero attached hydrogens (tertiary/aromatic N) is 1. The van der Waals surface area contributed by atoms with Gasteiger partial charge in [-0.15, -0.1) is 0 Å². The van der Waals surface area contributed by atoms with Gasteiger partial charge in [-0.05, 0) is 43.6 Å². The molecule has 3 heteroatoms. The Morgan fingerprint density at radius 1 is 1.15 bits per heavy atom. The van der Waals surface area contributed by atoms with Crippen LogP contribution in [0.4, 0.5) is 0 Å². The summed E-state index contributed by atoms with van der Waals surface area (Å²) in [4.78, 5) is 14.2. The summed E-state index contributed by atoms with van der Waals surface area (Å²) in [6.07, 6.45) is 5.82. The molecule has 3 nitrogen and oxygen atoms in total. The zero-order valence-corrected chi connectivity index (χ0v) is 12.4. The van der Waals surface area contributed by atoms with Crippen molar-refractivity contribution >= 4 is 5.97 Å². The first kappa shape index (κ1) is 15.0. The average molecular weight is 275 g/mol. The summed E-state index contributed by atoms with van der Waals surface area (Å²) in [5.41, 5.74) is 1.93. The summed E-state index contributed by atoms with van der Waals surface area (Å²) in [6.45, 7) is 6.09. The van der Waals surface area contributed by atoms with Crippen LogP contribution in [0.5, 0.6) is 0 Å². The van der Waals surface area contributed by atoms with Crippen LogP contribution in [0.15, 0.2) is 24.3 Å². The van der Waals surface area contributed by atoms with E-state index in [4.69, 9.17) is 4.74 Å². The van der Waals surface area contributed by atoms with Gasteiger partial charge in [-0.3, -0.25) is 4.90 Å². The number of hydrogen-bond acceptors (Lipinski definition) is 3. The highest BCUT2D eigenvalue weighted by Gasteiger charge is 2.14. The number of likely N-dealkylation sites (tertiary alicyclic amines) is 1. The number of benzene rings is 1. The van der Waals surface area contributed by atoms with Crippen molar-refractivity contribution in [3.8, 4) is 0 Å². The summed E-state index contributed by atoms with van der Waals surface area (Å²) in [5.74, 6) is -0.197. The second-order valence-corrected chi connectivity index (χ2v) is 5.52. The SMILES string of the molecule is CCCCCCOC(=O)c1ccc(CN2CCC2)cc1. The molecule has 1 saturated heterocycles. The Hall–Kier alpha value is -1.35. The van der Waals surface area contributed by atoms with E-state index in [2.05, 4.69) is 11.8 Å². The van der Waals surface area contributed by atoms with Crippen molar-refractivity contribution in [3.63, 3.8) is 0 Å². The Kier molecular flexibility index (Phi) is 6.06. The second kappa shape index (κ2) is 8.05. The van der Waals surface area contributed by atoms with Crippen molar-refractivity contribution in [1.82, 2.24) is 4.90 Å². The van der Waals surface area contributed by atoms with Crippen molar-refractivity contribution in [2.75, 3.05) is 19.7 Å². The van der Waals surface area contributed by atoms with Gasteiger partial charge in [0.15, 0.2) is 0 Å². The highest BCUT2D eigenvalue weighted by atomic mass is 16.5. The lowest BCUT2D eigenvalue weighted by atomic mass is 10.1. The van der Waals surface area contributed by atoms with E-state index < -0.39 is 0 Å². The molecular formula is C17H25NO2. The first-order valence-corrected chi connectivity index (χ1v) is 7.78. The third kappa shape index (κ3) is 4.64. The van der Waals surface area contributed by atoms with Crippen LogP contribution in [0.1, 0.15) is 54.9 Å². The van der Waals surface area contributed by atoms with Crippen LogP contribution < -0.4 is 0 Å². The average Bonchev–Trinajstić information content (AvgIpc) is 2.43. The molecule has 0 unspecified atom stereocenters. The van der Waals surface area contributed by atoms with Crippen LogP contribution in [0.25, 0.3) is 0 Å². The molecule has 0 saturated carbocycles. The minimum Gasteiger partial charge on any atom is -0.462 e. The van der Waals surface area contributed by atoms with E-state index in [-0.39, 0.29) is 5.97 Å². The summed E-state index contributed by atoms with van der Waals surface area (Å²) in [5, 5.41) is 0. The quantitative estimate of drug-likeness (QED) is 0.536. The molecule has 0 N–H and O–H groups in total. The number of unbranched alkanes of at least 4 members (excludes halogenated alkanes) is 3. The number of hydrogen-bond donors (Lipinski definition) is 0. The van der Waals surface area contributed by atoms with Gasteiger partial charge in [-0.2, -0.15) is 0 Å². The predicted octanol–water partition coefficient (Wildman–Crippen LogP) is 3.63. The van der Waals surface area contributed by atoms with Crippen LogP contribution in [0.3, 0.4) is 0 Å². The molecule has 1 aromatic rings. The number of esters is 1. The predicted molar refractivity (Wildman–Crippen MR) is 80.8 cm³/mol. The zero-order valence-electron chi connectivity index (χ0n) is 12.4. The van der Waals surface area contributed by atoms with Crippen LogP contribution in [0.2, 0.25) is 0 Å². The molecule has 1 fully saturated rings. The monoisotopic (exact) mass is 275 g/mol. The van der Waals surface area contributed by atoms with Crippen molar-refractivity contribution < 1.29 is 9.53 Å². The van der Waals surface area contributed by atoms with E-state index in [1.807, 2.05) is 24.3 Å². The Bertz CT molecular complexity index is 410. The van der Waals surface area contributed by atoms with Crippen molar-refractivity contribution in [3.05, 3.63) is 35.4 Å².